The predicted molar refractivity (Wildman–Crippen MR) is 71.7 cm³/mol. The Bertz CT molecular complexity index is 319. The normalized spacial score (nSPS) is 31.7. The van der Waals surface area contributed by atoms with Crippen molar-refractivity contribution in [3.8, 4) is 0 Å². The number of amides is 1. The molecule has 1 amide bonds. The van der Waals surface area contributed by atoms with E-state index >= 15 is 0 Å². The van der Waals surface area contributed by atoms with E-state index in [0.717, 1.165) is 51.6 Å². The number of nitrogens with one attached hydrogen (secondary N) is 2. The van der Waals surface area contributed by atoms with Crippen LogP contribution in [0.2, 0.25) is 0 Å². The first-order chi connectivity index (χ1) is 9.16. The molecule has 1 saturated carbocycles. The third-order valence-corrected chi connectivity index (χ3v) is 4.43. The van der Waals surface area contributed by atoms with Gasteiger partial charge in [0.25, 0.3) is 0 Å². The van der Waals surface area contributed by atoms with Gasteiger partial charge in [-0.15, -0.1) is 0 Å². The first kappa shape index (κ1) is 14.3. The fourth-order valence-corrected chi connectivity index (χ4v) is 3.08. The van der Waals surface area contributed by atoms with Gasteiger partial charge >= 0.3 is 5.97 Å². The van der Waals surface area contributed by atoms with Crippen LogP contribution in [0.1, 0.15) is 38.5 Å². The Hall–Kier alpha value is -1.10. The van der Waals surface area contributed by atoms with E-state index in [0.29, 0.717) is 12.5 Å². The van der Waals surface area contributed by atoms with E-state index in [1.165, 1.54) is 0 Å². The Balaban J connectivity index is 1.66. The topological polar surface area (TPSA) is 78.4 Å². The van der Waals surface area contributed by atoms with Crippen LogP contribution in [-0.4, -0.2) is 36.6 Å². The standard InChI is InChI=1S/C14H24N2O3/c17-13(12-2-1-7-15-9-12)16-8-10-3-5-11(6-4-10)14(18)19/h10-12,15H,1-9H2,(H,16,17)(H,18,19). The summed E-state index contributed by atoms with van der Waals surface area (Å²) in [6.45, 7) is 2.52. The summed E-state index contributed by atoms with van der Waals surface area (Å²) in [5.74, 6) is -0.113. The van der Waals surface area contributed by atoms with Crippen LogP contribution in [0.15, 0.2) is 0 Å². The summed E-state index contributed by atoms with van der Waals surface area (Å²) in [4.78, 5) is 22.8. The van der Waals surface area contributed by atoms with Gasteiger partial charge in [-0.3, -0.25) is 9.59 Å². The van der Waals surface area contributed by atoms with Crippen molar-refractivity contribution in [1.82, 2.24) is 10.6 Å². The number of hydrogen-bond acceptors (Lipinski definition) is 3. The molecular weight excluding hydrogens is 244 g/mol. The Labute approximate surface area is 114 Å². The smallest absolute Gasteiger partial charge is 0.306 e. The molecule has 1 unspecified atom stereocenters. The molecule has 0 aromatic rings. The molecule has 1 heterocycles. The summed E-state index contributed by atoms with van der Waals surface area (Å²) >= 11 is 0. The fraction of sp³-hybridized carbons (Fsp3) is 0.857. The van der Waals surface area contributed by atoms with Gasteiger partial charge in [0.2, 0.25) is 5.91 Å². The average Bonchev–Trinajstić information content (AvgIpc) is 2.46. The highest BCUT2D eigenvalue weighted by molar-refractivity contribution is 5.79. The molecule has 2 fully saturated rings. The summed E-state index contributed by atoms with van der Waals surface area (Å²) in [6.07, 6.45) is 5.38. The Kier molecular flexibility index (Phi) is 5.19. The SMILES string of the molecule is O=C(O)C1CCC(CNC(=O)C2CCCNC2)CC1. The van der Waals surface area contributed by atoms with E-state index in [9.17, 15) is 9.59 Å². The van der Waals surface area contributed by atoms with Gasteiger partial charge in [0.1, 0.15) is 0 Å². The van der Waals surface area contributed by atoms with Crippen LogP contribution in [0.5, 0.6) is 0 Å². The second-order valence-corrected chi connectivity index (χ2v) is 5.84. The van der Waals surface area contributed by atoms with Gasteiger partial charge in [-0.1, -0.05) is 0 Å². The summed E-state index contributed by atoms with van der Waals surface area (Å²) in [7, 11) is 0. The number of piperidine rings is 1. The monoisotopic (exact) mass is 268 g/mol. The number of rotatable bonds is 4. The van der Waals surface area contributed by atoms with E-state index in [-0.39, 0.29) is 17.7 Å². The van der Waals surface area contributed by atoms with E-state index < -0.39 is 5.97 Å². The number of hydrogen-bond donors (Lipinski definition) is 3. The van der Waals surface area contributed by atoms with Crippen molar-refractivity contribution in [1.29, 1.82) is 0 Å². The molecule has 0 radical (unpaired) electrons. The minimum atomic E-state index is -0.671. The maximum Gasteiger partial charge on any atom is 0.306 e. The lowest BCUT2D eigenvalue weighted by atomic mass is 9.82. The van der Waals surface area contributed by atoms with E-state index in [4.69, 9.17) is 5.11 Å². The zero-order valence-corrected chi connectivity index (χ0v) is 11.4. The van der Waals surface area contributed by atoms with Crippen LogP contribution in [0.3, 0.4) is 0 Å². The second-order valence-electron chi connectivity index (χ2n) is 5.84. The summed E-state index contributed by atoms with van der Waals surface area (Å²) in [5, 5.41) is 15.2. The van der Waals surface area contributed by atoms with Crippen LogP contribution in [0.4, 0.5) is 0 Å². The highest BCUT2D eigenvalue weighted by Crippen LogP contribution is 2.28. The molecule has 0 spiro atoms. The van der Waals surface area contributed by atoms with Crippen molar-refractivity contribution < 1.29 is 14.7 Å². The summed E-state index contributed by atoms with van der Waals surface area (Å²) < 4.78 is 0. The maximum absolute atomic E-state index is 12.0. The molecule has 2 rings (SSSR count). The van der Waals surface area contributed by atoms with Gasteiger partial charge in [-0.05, 0) is 51.0 Å². The van der Waals surface area contributed by atoms with Crippen LogP contribution >= 0.6 is 0 Å². The minimum absolute atomic E-state index is 0.115. The van der Waals surface area contributed by atoms with Crippen molar-refractivity contribution in [3.63, 3.8) is 0 Å². The quantitative estimate of drug-likeness (QED) is 0.710. The molecule has 0 aromatic heterocycles. The molecule has 108 valence electrons. The molecule has 0 bridgehead atoms. The highest BCUT2D eigenvalue weighted by atomic mass is 16.4. The second kappa shape index (κ2) is 6.89. The third kappa shape index (κ3) is 4.20. The first-order valence-corrected chi connectivity index (χ1v) is 7.38. The molecule has 19 heavy (non-hydrogen) atoms. The highest BCUT2D eigenvalue weighted by Gasteiger charge is 2.27. The van der Waals surface area contributed by atoms with Gasteiger partial charge in [0.15, 0.2) is 0 Å². The van der Waals surface area contributed by atoms with Crippen molar-refractivity contribution in [2.45, 2.75) is 38.5 Å². The minimum Gasteiger partial charge on any atom is -0.481 e. The van der Waals surface area contributed by atoms with Gasteiger partial charge in [-0.2, -0.15) is 0 Å². The molecule has 0 aromatic carbocycles. The summed E-state index contributed by atoms with van der Waals surface area (Å²) in [5.41, 5.74) is 0. The number of aliphatic carboxylic acids is 1. The van der Waals surface area contributed by atoms with Gasteiger partial charge in [0.05, 0.1) is 11.8 Å². The Morgan fingerprint density at radius 3 is 2.42 bits per heavy atom. The number of carboxylic acid groups (broad SMARTS) is 1. The molecule has 5 heteroatoms. The lowest BCUT2D eigenvalue weighted by Crippen LogP contribution is -2.42. The number of carboxylic acids is 1. The van der Waals surface area contributed by atoms with Gasteiger partial charge in [0, 0.05) is 13.1 Å². The van der Waals surface area contributed by atoms with Crippen molar-refractivity contribution >= 4 is 11.9 Å². The Morgan fingerprint density at radius 1 is 1.11 bits per heavy atom. The van der Waals surface area contributed by atoms with E-state index in [1.807, 2.05) is 0 Å². The van der Waals surface area contributed by atoms with Gasteiger partial charge in [-0.25, -0.2) is 0 Å². The molecular formula is C14H24N2O3. The predicted octanol–water partition coefficient (Wildman–Crippen LogP) is 0.993. The summed E-state index contributed by atoms with van der Waals surface area (Å²) in [6, 6.07) is 0. The first-order valence-electron chi connectivity index (χ1n) is 7.38. The van der Waals surface area contributed by atoms with Crippen LogP contribution < -0.4 is 10.6 Å². The Morgan fingerprint density at radius 2 is 1.84 bits per heavy atom. The van der Waals surface area contributed by atoms with Crippen molar-refractivity contribution in [2.75, 3.05) is 19.6 Å². The molecule has 1 saturated heterocycles. The molecule has 1 atom stereocenters. The molecule has 2 aliphatic rings. The molecule has 1 aliphatic heterocycles. The number of carbonyl (C=O) groups is 2. The van der Waals surface area contributed by atoms with Crippen molar-refractivity contribution in [3.05, 3.63) is 0 Å². The fourth-order valence-electron chi connectivity index (χ4n) is 3.08. The third-order valence-electron chi connectivity index (χ3n) is 4.43. The lowest BCUT2D eigenvalue weighted by Gasteiger charge is -2.27. The lowest BCUT2D eigenvalue weighted by molar-refractivity contribution is -0.143. The van der Waals surface area contributed by atoms with Crippen LogP contribution in [-0.2, 0) is 9.59 Å². The zero-order chi connectivity index (χ0) is 13.7. The average molecular weight is 268 g/mol. The zero-order valence-electron chi connectivity index (χ0n) is 11.4. The molecule has 3 N–H and O–H groups in total. The van der Waals surface area contributed by atoms with Crippen LogP contribution in [0, 0.1) is 17.8 Å². The largest absolute Gasteiger partial charge is 0.481 e. The number of carbonyl (C=O) groups excluding carboxylic acids is 1. The van der Waals surface area contributed by atoms with Crippen LogP contribution in [0.25, 0.3) is 0 Å². The molecule has 5 nitrogen and oxygen atoms in total. The van der Waals surface area contributed by atoms with E-state index in [2.05, 4.69) is 10.6 Å². The maximum atomic E-state index is 12.0. The van der Waals surface area contributed by atoms with Crippen molar-refractivity contribution in [2.24, 2.45) is 17.8 Å². The molecule has 1 aliphatic carbocycles. The van der Waals surface area contributed by atoms with E-state index in [1.54, 1.807) is 0 Å². The van der Waals surface area contributed by atoms with Gasteiger partial charge < -0.3 is 15.7 Å².